The van der Waals surface area contributed by atoms with Crippen LogP contribution in [0.3, 0.4) is 0 Å². The first-order valence-electron chi connectivity index (χ1n) is 7.64. The molecule has 0 spiro atoms. The molecule has 0 fully saturated rings. The zero-order valence-electron chi connectivity index (χ0n) is 13.6. The molecule has 1 aromatic rings. The number of rotatable bonds is 10. The third-order valence-electron chi connectivity index (χ3n) is 3.14. The SMILES string of the molecule is CCCc1nc(NCC)c(C)c(NCCC(O)COC)n1. The topological polar surface area (TPSA) is 79.3 Å². The van der Waals surface area contributed by atoms with Crippen molar-refractivity contribution in [3.63, 3.8) is 0 Å². The third-order valence-corrected chi connectivity index (χ3v) is 3.14. The fraction of sp³-hybridized carbons (Fsp3) is 0.733. The average molecular weight is 296 g/mol. The molecule has 0 radical (unpaired) electrons. The molecule has 3 N–H and O–H groups in total. The average Bonchev–Trinajstić information content (AvgIpc) is 2.44. The number of nitrogens with zero attached hydrogens (tertiary/aromatic N) is 2. The summed E-state index contributed by atoms with van der Waals surface area (Å²) in [5.41, 5.74) is 1.01. The van der Waals surface area contributed by atoms with E-state index in [1.807, 2.05) is 6.92 Å². The molecule has 1 rings (SSSR count). The van der Waals surface area contributed by atoms with Crippen LogP contribution in [-0.2, 0) is 11.2 Å². The number of aromatic nitrogens is 2. The van der Waals surface area contributed by atoms with E-state index in [0.717, 1.165) is 42.4 Å². The van der Waals surface area contributed by atoms with Crippen LogP contribution < -0.4 is 10.6 Å². The van der Waals surface area contributed by atoms with Gasteiger partial charge in [-0.1, -0.05) is 6.92 Å². The van der Waals surface area contributed by atoms with Crippen LogP contribution >= 0.6 is 0 Å². The maximum absolute atomic E-state index is 9.66. The predicted octanol–water partition coefficient (Wildman–Crippen LogP) is 1.98. The zero-order valence-corrected chi connectivity index (χ0v) is 13.6. The first kappa shape index (κ1) is 17.7. The van der Waals surface area contributed by atoms with Crippen molar-refractivity contribution in [2.24, 2.45) is 0 Å². The maximum atomic E-state index is 9.66. The lowest BCUT2D eigenvalue weighted by Crippen LogP contribution is -2.19. The lowest BCUT2D eigenvalue weighted by Gasteiger charge is -2.15. The molecule has 120 valence electrons. The molecule has 0 aliphatic rings. The molecule has 0 aliphatic carbocycles. The second kappa shape index (κ2) is 9.52. The Kier molecular flexibility index (Phi) is 8.00. The van der Waals surface area contributed by atoms with Gasteiger partial charge in [-0.2, -0.15) is 0 Å². The monoisotopic (exact) mass is 296 g/mol. The number of ether oxygens (including phenoxy) is 1. The van der Waals surface area contributed by atoms with E-state index in [1.165, 1.54) is 0 Å². The van der Waals surface area contributed by atoms with Crippen molar-refractivity contribution in [3.8, 4) is 0 Å². The van der Waals surface area contributed by atoms with Crippen molar-refractivity contribution in [2.75, 3.05) is 37.4 Å². The minimum Gasteiger partial charge on any atom is -0.391 e. The van der Waals surface area contributed by atoms with Crippen LogP contribution in [0.4, 0.5) is 11.6 Å². The van der Waals surface area contributed by atoms with Crippen molar-refractivity contribution in [1.29, 1.82) is 0 Å². The van der Waals surface area contributed by atoms with Gasteiger partial charge in [-0.3, -0.25) is 0 Å². The van der Waals surface area contributed by atoms with Gasteiger partial charge < -0.3 is 20.5 Å². The standard InChI is InChI=1S/C15H28N4O2/c1-5-7-13-18-14(16-6-2)11(3)15(19-13)17-9-8-12(20)10-21-4/h12,20H,5-10H2,1-4H3,(H2,16,17,18,19). The number of nitrogens with one attached hydrogen (secondary N) is 2. The summed E-state index contributed by atoms with van der Waals surface area (Å²) in [6.45, 7) is 8.00. The number of aliphatic hydroxyl groups excluding tert-OH is 1. The summed E-state index contributed by atoms with van der Waals surface area (Å²) in [5, 5.41) is 16.2. The van der Waals surface area contributed by atoms with Crippen LogP contribution in [0.2, 0.25) is 0 Å². The molecule has 21 heavy (non-hydrogen) atoms. The van der Waals surface area contributed by atoms with Crippen molar-refractivity contribution in [1.82, 2.24) is 9.97 Å². The number of methoxy groups -OCH3 is 1. The Hall–Kier alpha value is -1.40. The molecule has 1 aromatic heterocycles. The molecule has 0 bridgehead atoms. The van der Waals surface area contributed by atoms with Crippen LogP contribution in [0.15, 0.2) is 0 Å². The van der Waals surface area contributed by atoms with E-state index in [-0.39, 0.29) is 0 Å². The van der Waals surface area contributed by atoms with Crippen LogP contribution in [0.1, 0.15) is 38.1 Å². The molecule has 0 saturated heterocycles. The largest absolute Gasteiger partial charge is 0.391 e. The summed E-state index contributed by atoms with van der Waals surface area (Å²) in [6.07, 6.45) is 2.05. The first-order chi connectivity index (χ1) is 10.1. The highest BCUT2D eigenvalue weighted by atomic mass is 16.5. The number of hydrogen-bond acceptors (Lipinski definition) is 6. The van der Waals surface area contributed by atoms with Crippen molar-refractivity contribution >= 4 is 11.6 Å². The molecule has 0 aromatic carbocycles. The van der Waals surface area contributed by atoms with Gasteiger partial charge in [0.15, 0.2) is 0 Å². The minimum absolute atomic E-state index is 0.355. The molecular weight excluding hydrogens is 268 g/mol. The Morgan fingerprint density at radius 3 is 2.43 bits per heavy atom. The Morgan fingerprint density at radius 1 is 1.19 bits per heavy atom. The van der Waals surface area contributed by atoms with Crippen LogP contribution in [0.25, 0.3) is 0 Å². The van der Waals surface area contributed by atoms with Gasteiger partial charge in [-0.25, -0.2) is 9.97 Å². The Labute approximate surface area is 127 Å². The normalized spacial score (nSPS) is 12.2. The Bertz CT molecular complexity index is 426. The highest BCUT2D eigenvalue weighted by Gasteiger charge is 2.10. The van der Waals surface area contributed by atoms with Crippen molar-refractivity contribution in [3.05, 3.63) is 11.4 Å². The molecule has 0 aliphatic heterocycles. The van der Waals surface area contributed by atoms with E-state index in [0.29, 0.717) is 19.6 Å². The van der Waals surface area contributed by atoms with E-state index in [9.17, 15) is 5.11 Å². The second-order valence-corrected chi connectivity index (χ2v) is 5.07. The number of anilines is 2. The summed E-state index contributed by atoms with van der Waals surface area (Å²) in [4.78, 5) is 9.13. The summed E-state index contributed by atoms with van der Waals surface area (Å²) >= 11 is 0. The van der Waals surface area contributed by atoms with Gasteiger partial charge in [-0.05, 0) is 26.7 Å². The maximum Gasteiger partial charge on any atom is 0.134 e. The smallest absolute Gasteiger partial charge is 0.134 e. The Balaban J connectivity index is 2.74. The van der Waals surface area contributed by atoms with E-state index >= 15 is 0 Å². The van der Waals surface area contributed by atoms with Crippen LogP contribution in [0, 0.1) is 6.92 Å². The van der Waals surface area contributed by atoms with E-state index in [1.54, 1.807) is 7.11 Å². The quantitative estimate of drug-likeness (QED) is 0.613. The molecular formula is C15H28N4O2. The van der Waals surface area contributed by atoms with Crippen LogP contribution in [0.5, 0.6) is 0 Å². The molecule has 0 amide bonds. The Morgan fingerprint density at radius 2 is 1.86 bits per heavy atom. The lowest BCUT2D eigenvalue weighted by atomic mass is 10.2. The van der Waals surface area contributed by atoms with Crippen molar-refractivity contribution < 1.29 is 9.84 Å². The molecule has 6 nitrogen and oxygen atoms in total. The van der Waals surface area contributed by atoms with Crippen LogP contribution in [-0.4, -0.2) is 48.0 Å². The number of aryl methyl sites for hydroxylation is 1. The zero-order chi connectivity index (χ0) is 15.7. The fourth-order valence-electron chi connectivity index (χ4n) is 2.04. The molecule has 1 heterocycles. The highest BCUT2D eigenvalue weighted by Crippen LogP contribution is 2.20. The van der Waals surface area contributed by atoms with Gasteiger partial charge in [-0.15, -0.1) is 0 Å². The minimum atomic E-state index is -0.451. The summed E-state index contributed by atoms with van der Waals surface area (Å²) < 4.78 is 4.92. The molecule has 0 saturated carbocycles. The molecule has 6 heteroatoms. The highest BCUT2D eigenvalue weighted by molar-refractivity contribution is 5.57. The van der Waals surface area contributed by atoms with Gasteiger partial charge in [0, 0.05) is 32.2 Å². The lowest BCUT2D eigenvalue weighted by molar-refractivity contribution is 0.0615. The second-order valence-electron chi connectivity index (χ2n) is 5.07. The summed E-state index contributed by atoms with van der Waals surface area (Å²) in [7, 11) is 1.59. The van der Waals surface area contributed by atoms with E-state index in [2.05, 4.69) is 34.4 Å². The van der Waals surface area contributed by atoms with Crippen molar-refractivity contribution in [2.45, 2.75) is 46.1 Å². The van der Waals surface area contributed by atoms with Gasteiger partial charge in [0.25, 0.3) is 0 Å². The van der Waals surface area contributed by atoms with E-state index < -0.39 is 6.10 Å². The predicted molar refractivity (Wildman–Crippen MR) is 85.9 cm³/mol. The third kappa shape index (κ3) is 5.85. The molecule has 1 atom stereocenters. The number of aliphatic hydroxyl groups is 1. The summed E-state index contributed by atoms with van der Waals surface area (Å²) in [5.74, 6) is 2.57. The number of hydrogen-bond donors (Lipinski definition) is 3. The first-order valence-corrected chi connectivity index (χ1v) is 7.64. The van der Waals surface area contributed by atoms with Gasteiger partial charge in [0.2, 0.25) is 0 Å². The van der Waals surface area contributed by atoms with Gasteiger partial charge in [0.1, 0.15) is 17.5 Å². The summed E-state index contributed by atoms with van der Waals surface area (Å²) in [6, 6.07) is 0. The van der Waals surface area contributed by atoms with Gasteiger partial charge >= 0.3 is 0 Å². The van der Waals surface area contributed by atoms with Gasteiger partial charge in [0.05, 0.1) is 12.7 Å². The fourth-order valence-corrected chi connectivity index (χ4v) is 2.04. The molecule has 1 unspecified atom stereocenters. The van der Waals surface area contributed by atoms with E-state index in [4.69, 9.17) is 4.74 Å².